The molecule has 8 nitrogen and oxygen atoms in total. The highest BCUT2D eigenvalue weighted by atomic mass is 32.2. The van der Waals surface area contributed by atoms with Crippen LogP contribution in [0.3, 0.4) is 0 Å². The molecule has 2 aromatic heterocycles. The summed E-state index contributed by atoms with van der Waals surface area (Å²) in [5, 5.41) is 12.2. The lowest BCUT2D eigenvalue weighted by molar-refractivity contribution is -0.176. The second kappa shape index (κ2) is 7.98. The Labute approximate surface area is 212 Å². The molecule has 0 spiro atoms. The maximum Gasteiger partial charge on any atom is 0.397 e. The van der Waals surface area contributed by atoms with Crippen molar-refractivity contribution in [2.24, 2.45) is 0 Å². The number of alkyl halides is 2. The van der Waals surface area contributed by atoms with Crippen LogP contribution in [0.25, 0.3) is 27.7 Å². The van der Waals surface area contributed by atoms with Crippen molar-refractivity contribution in [3.05, 3.63) is 53.5 Å². The Morgan fingerprint density at radius 2 is 1.86 bits per heavy atom. The highest BCUT2D eigenvalue weighted by Gasteiger charge is 2.38. The number of anilines is 1. The average molecular weight is 534 g/mol. The number of benzene rings is 2. The zero-order valence-corrected chi connectivity index (χ0v) is 22.0. The molecule has 1 aliphatic heterocycles. The average Bonchev–Trinajstić information content (AvgIpc) is 3.37. The van der Waals surface area contributed by atoms with Gasteiger partial charge in [-0.1, -0.05) is 6.92 Å². The minimum absolute atomic E-state index is 0.0863. The predicted molar refractivity (Wildman–Crippen MR) is 134 cm³/mol. The van der Waals surface area contributed by atoms with E-state index < -0.39 is 33.9 Å². The molecule has 1 N–H and O–H groups in total. The lowest BCUT2D eigenvalue weighted by atomic mass is 9.91. The van der Waals surface area contributed by atoms with E-state index in [2.05, 4.69) is 15.5 Å². The van der Waals surface area contributed by atoms with Crippen LogP contribution < -0.4 is 10.1 Å². The molecular formula is C25H26F3N5O3S. The Balaban J connectivity index is 1.90. The number of aryl methyl sites for hydroxylation is 1. The molecule has 1 aliphatic rings. The molecule has 37 heavy (non-hydrogen) atoms. The molecule has 196 valence electrons. The lowest BCUT2D eigenvalue weighted by Crippen LogP contribution is -2.36. The summed E-state index contributed by atoms with van der Waals surface area (Å²) in [6.45, 7) is 8.59. The van der Waals surface area contributed by atoms with E-state index in [1.165, 1.54) is 31.3 Å². The van der Waals surface area contributed by atoms with Crippen molar-refractivity contribution in [3.8, 4) is 22.6 Å². The van der Waals surface area contributed by atoms with Gasteiger partial charge in [-0.3, -0.25) is 4.57 Å². The number of fused-ring (bicyclic) bond motifs is 4. The first-order valence-electron chi connectivity index (χ1n) is 11.6. The summed E-state index contributed by atoms with van der Waals surface area (Å²) >= 11 is 0. The van der Waals surface area contributed by atoms with Gasteiger partial charge < -0.3 is 10.1 Å². The van der Waals surface area contributed by atoms with Crippen molar-refractivity contribution in [3.63, 3.8) is 0 Å². The first-order chi connectivity index (χ1) is 17.1. The summed E-state index contributed by atoms with van der Waals surface area (Å²) in [5.74, 6) is 0.309. The van der Waals surface area contributed by atoms with Crippen LogP contribution in [0.5, 0.6) is 5.75 Å². The van der Waals surface area contributed by atoms with Gasteiger partial charge in [0, 0.05) is 29.6 Å². The highest BCUT2D eigenvalue weighted by Crippen LogP contribution is 2.48. The quantitative estimate of drug-likeness (QED) is 0.365. The molecule has 0 unspecified atom stereocenters. The van der Waals surface area contributed by atoms with Gasteiger partial charge >= 0.3 is 6.11 Å². The Morgan fingerprint density at radius 1 is 1.16 bits per heavy atom. The van der Waals surface area contributed by atoms with Gasteiger partial charge in [-0.2, -0.15) is 8.78 Å². The normalized spacial score (nSPS) is 14.8. The monoisotopic (exact) mass is 533 g/mol. The minimum Gasteiger partial charge on any atom is -0.432 e. The van der Waals surface area contributed by atoms with Gasteiger partial charge in [0.25, 0.3) is 0 Å². The van der Waals surface area contributed by atoms with Crippen LogP contribution >= 0.6 is 0 Å². The van der Waals surface area contributed by atoms with Crippen LogP contribution in [-0.4, -0.2) is 39.5 Å². The van der Waals surface area contributed by atoms with Crippen LogP contribution in [0.4, 0.5) is 18.9 Å². The molecular weight excluding hydrogens is 507 g/mol. The molecule has 12 heteroatoms. The standard InChI is InChI=1S/C25H26F3N5O3S/c1-7-25(27,28)36-20-12-18-22(33-14(3)30-31-23(33)24(4,5)29-18)13(2)21(20)17-10-15(26)11-19-16(17)8-9-32(19)37(6,34)35/h8-12,29H,7H2,1-6H3. The first-order valence-corrected chi connectivity index (χ1v) is 13.5. The molecule has 0 radical (unpaired) electrons. The molecule has 0 aliphatic carbocycles. The Kier molecular flexibility index (Phi) is 5.42. The van der Waals surface area contributed by atoms with Crippen molar-refractivity contribution in [2.45, 2.75) is 52.7 Å². The van der Waals surface area contributed by atoms with E-state index in [4.69, 9.17) is 4.74 Å². The van der Waals surface area contributed by atoms with Gasteiger partial charge in [-0.15, -0.1) is 10.2 Å². The number of nitrogens with one attached hydrogen (secondary N) is 1. The third-order valence-electron chi connectivity index (χ3n) is 6.60. The van der Waals surface area contributed by atoms with E-state index >= 15 is 0 Å². The Morgan fingerprint density at radius 3 is 2.51 bits per heavy atom. The topological polar surface area (TPSA) is 91.0 Å². The smallest absolute Gasteiger partial charge is 0.397 e. The molecule has 0 atom stereocenters. The number of rotatable bonds is 5. The number of halogens is 3. The van der Waals surface area contributed by atoms with Gasteiger partial charge in [0.2, 0.25) is 10.0 Å². The Hall–Kier alpha value is -3.54. The molecule has 0 bridgehead atoms. The number of hydrogen-bond donors (Lipinski definition) is 1. The van der Waals surface area contributed by atoms with Gasteiger partial charge in [-0.25, -0.2) is 16.8 Å². The zero-order valence-electron chi connectivity index (χ0n) is 21.1. The number of hydrogen-bond acceptors (Lipinski definition) is 6. The van der Waals surface area contributed by atoms with Crippen molar-refractivity contribution in [1.29, 1.82) is 0 Å². The highest BCUT2D eigenvalue weighted by molar-refractivity contribution is 7.89. The fraction of sp³-hybridized carbons (Fsp3) is 0.360. The van der Waals surface area contributed by atoms with Crippen LogP contribution in [-0.2, 0) is 15.6 Å². The largest absolute Gasteiger partial charge is 0.432 e. The molecule has 5 rings (SSSR count). The minimum atomic E-state index is -3.75. The van der Waals surface area contributed by atoms with Crippen molar-refractivity contribution in [1.82, 2.24) is 18.7 Å². The fourth-order valence-corrected chi connectivity index (χ4v) is 5.71. The summed E-state index contributed by atoms with van der Waals surface area (Å²) in [6.07, 6.45) is -1.77. The Bertz CT molecular complexity index is 1690. The maximum absolute atomic E-state index is 15.0. The fourth-order valence-electron chi connectivity index (χ4n) is 4.92. The summed E-state index contributed by atoms with van der Waals surface area (Å²) < 4.78 is 76.9. The zero-order chi connectivity index (χ0) is 27.1. The van der Waals surface area contributed by atoms with E-state index in [1.54, 1.807) is 13.8 Å². The molecule has 3 heterocycles. The van der Waals surface area contributed by atoms with Crippen molar-refractivity contribution >= 4 is 26.6 Å². The second-order valence-corrected chi connectivity index (χ2v) is 11.6. The van der Waals surface area contributed by atoms with Crippen LogP contribution in [0.2, 0.25) is 0 Å². The van der Waals surface area contributed by atoms with Gasteiger partial charge in [0.1, 0.15) is 17.4 Å². The molecule has 2 aromatic carbocycles. The lowest BCUT2D eigenvalue weighted by Gasteiger charge is -2.36. The van der Waals surface area contributed by atoms with Crippen LogP contribution in [0.1, 0.15) is 44.4 Å². The van der Waals surface area contributed by atoms with Gasteiger partial charge in [0.15, 0.2) is 5.82 Å². The summed E-state index contributed by atoms with van der Waals surface area (Å²) in [7, 11) is -3.75. The van der Waals surface area contributed by atoms with E-state index in [0.717, 1.165) is 16.3 Å². The van der Waals surface area contributed by atoms with E-state index in [-0.39, 0.29) is 22.4 Å². The summed E-state index contributed by atoms with van der Waals surface area (Å²) in [5.41, 5.74) is 1.48. The molecule has 4 aromatic rings. The SMILES string of the molecule is CCC(F)(F)Oc1cc2c(c(C)c1-c1cc(F)cc3c1ccn3S(C)(=O)=O)-n1c(C)nnc1C(C)(C)N2. The van der Waals surface area contributed by atoms with E-state index in [0.29, 0.717) is 34.0 Å². The maximum atomic E-state index is 15.0. The number of ether oxygens (including phenoxy) is 1. The summed E-state index contributed by atoms with van der Waals surface area (Å²) in [6, 6.07) is 5.28. The number of aromatic nitrogens is 4. The molecule has 0 saturated carbocycles. The van der Waals surface area contributed by atoms with E-state index in [9.17, 15) is 21.6 Å². The van der Waals surface area contributed by atoms with E-state index in [1.807, 2.05) is 18.4 Å². The third kappa shape index (κ3) is 3.94. The first kappa shape index (κ1) is 25.1. The predicted octanol–water partition coefficient (Wildman–Crippen LogP) is 5.49. The third-order valence-corrected chi connectivity index (χ3v) is 7.63. The van der Waals surface area contributed by atoms with Crippen molar-refractivity contribution in [2.75, 3.05) is 11.6 Å². The van der Waals surface area contributed by atoms with Gasteiger partial charge in [-0.05, 0) is 57.0 Å². The molecule has 0 amide bonds. The summed E-state index contributed by atoms with van der Waals surface area (Å²) in [4.78, 5) is 0. The molecule has 0 fully saturated rings. The van der Waals surface area contributed by atoms with Crippen molar-refractivity contribution < 1.29 is 26.3 Å². The van der Waals surface area contributed by atoms with Gasteiger partial charge in [0.05, 0.1) is 28.7 Å². The second-order valence-electron chi connectivity index (χ2n) is 9.78. The van der Waals surface area contributed by atoms with Crippen LogP contribution in [0.15, 0.2) is 30.5 Å². The van der Waals surface area contributed by atoms with Crippen LogP contribution in [0, 0.1) is 19.7 Å². The molecule has 0 saturated heterocycles. The number of nitrogens with zero attached hydrogens (tertiary/aromatic N) is 4.